The topological polar surface area (TPSA) is 34.2 Å². The Labute approximate surface area is 101 Å². The van der Waals surface area contributed by atoms with Crippen molar-refractivity contribution < 1.29 is 4.74 Å². The predicted octanol–water partition coefficient (Wildman–Crippen LogP) is 2.53. The van der Waals surface area contributed by atoms with Gasteiger partial charge in [-0.25, -0.2) is 4.98 Å². The van der Waals surface area contributed by atoms with Gasteiger partial charge in [-0.2, -0.15) is 0 Å². The van der Waals surface area contributed by atoms with Crippen LogP contribution in [0.4, 0.5) is 0 Å². The van der Waals surface area contributed by atoms with Gasteiger partial charge in [-0.1, -0.05) is 6.92 Å². The molecular formula is C12H20N2OS. The average molecular weight is 240 g/mol. The summed E-state index contributed by atoms with van der Waals surface area (Å²) in [7, 11) is 0. The van der Waals surface area contributed by atoms with Crippen molar-refractivity contribution in [2.75, 3.05) is 6.61 Å². The van der Waals surface area contributed by atoms with E-state index in [-0.39, 0.29) is 0 Å². The quantitative estimate of drug-likeness (QED) is 0.878. The molecule has 3 unspecified atom stereocenters. The van der Waals surface area contributed by atoms with Crippen molar-refractivity contribution in [1.29, 1.82) is 0 Å². The zero-order chi connectivity index (χ0) is 11.5. The van der Waals surface area contributed by atoms with Crippen LogP contribution < -0.4 is 5.32 Å². The van der Waals surface area contributed by atoms with Gasteiger partial charge in [-0.15, -0.1) is 11.3 Å². The van der Waals surface area contributed by atoms with Crippen LogP contribution in [-0.4, -0.2) is 23.7 Å². The highest BCUT2D eigenvalue weighted by Gasteiger charge is 2.26. The summed E-state index contributed by atoms with van der Waals surface area (Å²) in [5, 5.41) is 4.80. The standard InChI is InChI=1S/C12H20N2OS/c1-4-10-7-13-12(16-10)8(2)14-11-5-6-15-9(11)3/h7-9,11,14H,4-6H2,1-3H3. The first-order valence-electron chi connectivity index (χ1n) is 6.03. The van der Waals surface area contributed by atoms with Gasteiger partial charge in [0.25, 0.3) is 0 Å². The first-order chi connectivity index (χ1) is 7.70. The van der Waals surface area contributed by atoms with E-state index in [0.717, 1.165) is 19.4 Å². The zero-order valence-electron chi connectivity index (χ0n) is 10.2. The normalized spacial score (nSPS) is 27.2. The van der Waals surface area contributed by atoms with Crippen LogP contribution in [0.15, 0.2) is 6.20 Å². The zero-order valence-corrected chi connectivity index (χ0v) is 11.0. The minimum atomic E-state index is 0.327. The Hall–Kier alpha value is -0.450. The molecule has 2 rings (SSSR count). The van der Waals surface area contributed by atoms with Crippen LogP contribution in [-0.2, 0) is 11.2 Å². The van der Waals surface area contributed by atoms with E-state index in [1.165, 1.54) is 9.88 Å². The molecule has 0 aromatic carbocycles. The van der Waals surface area contributed by atoms with Crippen molar-refractivity contribution in [1.82, 2.24) is 10.3 Å². The second-order valence-electron chi connectivity index (χ2n) is 4.38. The minimum Gasteiger partial charge on any atom is -0.377 e. The van der Waals surface area contributed by atoms with Crippen LogP contribution in [0.2, 0.25) is 0 Å². The molecule has 16 heavy (non-hydrogen) atoms. The number of aromatic nitrogens is 1. The lowest BCUT2D eigenvalue weighted by molar-refractivity contribution is 0.111. The molecule has 0 spiro atoms. The van der Waals surface area contributed by atoms with Crippen LogP contribution in [0.3, 0.4) is 0 Å². The molecule has 3 nitrogen and oxygen atoms in total. The molecule has 2 heterocycles. The molecule has 4 heteroatoms. The maximum absolute atomic E-state index is 5.55. The highest BCUT2D eigenvalue weighted by atomic mass is 32.1. The third kappa shape index (κ3) is 2.62. The highest BCUT2D eigenvalue weighted by Crippen LogP contribution is 2.23. The van der Waals surface area contributed by atoms with Gasteiger partial charge in [-0.05, 0) is 26.7 Å². The Balaban J connectivity index is 1.94. The number of ether oxygens (including phenoxy) is 1. The summed E-state index contributed by atoms with van der Waals surface area (Å²) >= 11 is 1.81. The SMILES string of the molecule is CCc1cnc(C(C)NC2CCOC2C)s1. The van der Waals surface area contributed by atoms with Crippen LogP contribution in [0.25, 0.3) is 0 Å². The molecule has 0 bridgehead atoms. The van der Waals surface area contributed by atoms with E-state index in [4.69, 9.17) is 4.74 Å². The summed E-state index contributed by atoms with van der Waals surface area (Å²) in [6.45, 7) is 7.37. The lowest BCUT2D eigenvalue weighted by Gasteiger charge is -2.20. The van der Waals surface area contributed by atoms with E-state index >= 15 is 0 Å². The minimum absolute atomic E-state index is 0.327. The summed E-state index contributed by atoms with van der Waals surface area (Å²) in [6.07, 6.45) is 4.51. The van der Waals surface area contributed by atoms with E-state index < -0.39 is 0 Å². The summed E-state index contributed by atoms with van der Waals surface area (Å²) in [4.78, 5) is 5.83. The fraction of sp³-hybridized carbons (Fsp3) is 0.750. The van der Waals surface area contributed by atoms with Crippen LogP contribution in [0.5, 0.6) is 0 Å². The molecule has 1 aromatic heterocycles. The van der Waals surface area contributed by atoms with Crippen molar-refractivity contribution in [3.8, 4) is 0 Å². The molecule has 1 aromatic rings. The molecule has 1 fully saturated rings. The third-order valence-electron chi connectivity index (χ3n) is 3.13. The summed E-state index contributed by atoms with van der Waals surface area (Å²) in [5.41, 5.74) is 0. The molecule has 3 atom stereocenters. The number of thiazole rings is 1. The van der Waals surface area contributed by atoms with Gasteiger partial charge < -0.3 is 10.1 Å². The van der Waals surface area contributed by atoms with E-state index in [1.54, 1.807) is 0 Å². The van der Waals surface area contributed by atoms with Gasteiger partial charge >= 0.3 is 0 Å². The van der Waals surface area contributed by atoms with Crippen molar-refractivity contribution in [2.24, 2.45) is 0 Å². The van der Waals surface area contributed by atoms with E-state index in [2.05, 4.69) is 31.1 Å². The van der Waals surface area contributed by atoms with Gasteiger partial charge in [0.05, 0.1) is 12.1 Å². The predicted molar refractivity (Wildman–Crippen MR) is 66.9 cm³/mol. The number of rotatable bonds is 4. The number of nitrogens with zero attached hydrogens (tertiary/aromatic N) is 1. The van der Waals surface area contributed by atoms with Crippen LogP contribution in [0, 0.1) is 0 Å². The second-order valence-corrected chi connectivity index (χ2v) is 5.52. The van der Waals surface area contributed by atoms with Crippen molar-refractivity contribution >= 4 is 11.3 Å². The van der Waals surface area contributed by atoms with Gasteiger partial charge in [0.2, 0.25) is 0 Å². The van der Waals surface area contributed by atoms with Gasteiger partial charge in [0, 0.05) is 23.7 Å². The molecule has 1 aliphatic rings. The van der Waals surface area contributed by atoms with Gasteiger partial charge in [0.1, 0.15) is 5.01 Å². The van der Waals surface area contributed by atoms with Crippen molar-refractivity contribution in [3.63, 3.8) is 0 Å². The highest BCUT2D eigenvalue weighted by molar-refractivity contribution is 7.11. The fourth-order valence-electron chi connectivity index (χ4n) is 2.03. The number of aryl methyl sites for hydroxylation is 1. The lowest BCUT2D eigenvalue weighted by Crippen LogP contribution is -2.36. The van der Waals surface area contributed by atoms with Gasteiger partial charge in [-0.3, -0.25) is 0 Å². The molecule has 0 saturated carbocycles. The first kappa shape index (κ1) is 12.0. The molecule has 0 radical (unpaired) electrons. The molecule has 0 amide bonds. The van der Waals surface area contributed by atoms with Crippen LogP contribution in [0.1, 0.15) is 43.1 Å². The lowest BCUT2D eigenvalue weighted by atomic mass is 10.1. The number of nitrogens with one attached hydrogen (secondary N) is 1. The molecule has 1 saturated heterocycles. The third-order valence-corrected chi connectivity index (χ3v) is 4.46. The first-order valence-corrected chi connectivity index (χ1v) is 6.84. The number of hydrogen-bond acceptors (Lipinski definition) is 4. The average Bonchev–Trinajstić information content (AvgIpc) is 2.88. The van der Waals surface area contributed by atoms with Gasteiger partial charge in [0.15, 0.2) is 0 Å². The molecule has 1 aliphatic heterocycles. The summed E-state index contributed by atoms with van der Waals surface area (Å²) in [6, 6.07) is 0.809. The van der Waals surface area contributed by atoms with E-state index in [1.807, 2.05) is 17.5 Å². The summed E-state index contributed by atoms with van der Waals surface area (Å²) < 4.78 is 5.55. The second kappa shape index (κ2) is 5.25. The Morgan fingerprint density at radius 3 is 3.06 bits per heavy atom. The Kier molecular flexibility index (Phi) is 3.95. The maximum atomic E-state index is 5.55. The molecule has 90 valence electrons. The van der Waals surface area contributed by atoms with Crippen molar-refractivity contribution in [3.05, 3.63) is 16.1 Å². The summed E-state index contributed by atoms with van der Waals surface area (Å²) in [5.74, 6) is 0. The number of hydrogen-bond donors (Lipinski definition) is 1. The maximum Gasteiger partial charge on any atom is 0.109 e. The van der Waals surface area contributed by atoms with E-state index in [9.17, 15) is 0 Å². The Bertz CT molecular complexity index is 340. The molecular weight excluding hydrogens is 220 g/mol. The van der Waals surface area contributed by atoms with Crippen LogP contribution >= 0.6 is 11.3 Å². The smallest absolute Gasteiger partial charge is 0.109 e. The largest absolute Gasteiger partial charge is 0.377 e. The fourth-order valence-corrected chi connectivity index (χ4v) is 2.90. The Morgan fingerprint density at radius 1 is 1.69 bits per heavy atom. The van der Waals surface area contributed by atoms with E-state index in [0.29, 0.717) is 18.2 Å². The van der Waals surface area contributed by atoms with Crippen molar-refractivity contribution in [2.45, 2.75) is 51.8 Å². The Morgan fingerprint density at radius 2 is 2.50 bits per heavy atom. The monoisotopic (exact) mass is 240 g/mol. The molecule has 1 N–H and O–H groups in total. The molecule has 0 aliphatic carbocycles.